The molecule has 3 N–H and O–H groups in total. The van der Waals surface area contributed by atoms with Crippen molar-refractivity contribution in [1.29, 1.82) is 0 Å². The van der Waals surface area contributed by atoms with E-state index < -0.39 is 5.54 Å². The van der Waals surface area contributed by atoms with Crippen molar-refractivity contribution in [2.45, 2.75) is 71.4 Å². The average Bonchev–Trinajstić information content (AvgIpc) is 2.35. The van der Waals surface area contributed by atoms with Gasteiger partial charge in [-0.3, -0.25) is 14.4 Å². The third kappa shape index (κ3) is 8.32. The molecule has 6 heteroatoms. The van der Waals surface area contributed by atoms with Crippen molar-refractivity contribution in [1.82, 2.24) is 16.0 Å². The molecule has 6 nitrogen and oxygen atoms in total. The van der Waals surface area contributed by atoms with Crippen molar-refractivity contribution in [2.75, 3.05) is 6.54 Å². The second-order valence-corrected chi connectivity index (χ2v) is 6.43. The Morgan fingerprint density at radius 3 is 2.29 bits per heavy atom. The lowest BCUT2D eigenvalue weighted by Gasteiger charge is -2.28. The van der Waals surface area contributed by atoms with Crippen LogP contribution in [0.25, 0.3) is 0 Å². The average molecular weight is 299 g/mol. The maximum absolute atomic E-state index is 11.9. The van der Waals surface area contributed by atoms with E-state index in [-0.39, 0.29) is 17.4 Å². The zero-order valence-electron chi connectivity index (χ0n) is 13.8. The Bertz CT molecular complexity index is 365. The fourth-order valence-corrected chi connectivity index (χ4v) is 1.76. The van der Waals surface area contributed by atoms with Crippen molar-refractivity contribution in [3.63, 3.8) is 0 Å². The number of hydrogen-bond acceptors (Lipinski definition) is 3. The van der Waals surface area contributed by atoms with Crippen LogP contribution in [-0.4, -0.2) is 35.8 Å². The molecule has 0 unspecified atom stereocenters. The summed E-state index contributed by atoms with van der Waals surface area (Å²) in [6.07, 6.45) is 3.53. The van der Waals surface area contributed by atoms with E-state index in [0.29, 0.717) is 25.8 Å². The van der Waals surface area contributed by atoms with Crippen LogP contribution in [0.3, 0.4) is 0 Å². The van der Waals surface area contributed by atoms with Crippen molar-refractivity contribution in [3.05, 3.63) is 0 Å². The lowest BCUT2D eigenvalue weighted by molar-refractivity contribution is -0.128. The predicted molar refractivity (Wildman–Crippen MR) is 82.7 cm³/mol. The normalized spacial score (nSPS) is 11.7. The first-order valence-electron chi connectivity index (χ1n) is 7.45. The molecule has 122 valence electrons. The summed E-state index contributed by atoms with van der Waals surface area (Å²) in [5.74, 6) is -0.209. The van der Waals surface area contributed by atoms with Gasteiger partial charge in [-0.15, -0.1) is 0 Å². The summed E-state index contributed by atoms with van der Waals surface area (Å²) in [7, 11) is 0. The van der Waals surface area contributed by atoms with Crippen LogP contribution in [0.5, 0.6) is 0 Å². The van der Waals surface area contributed by atoms with Gasteiger partial charge in [0.2, 0.25) is 18.2 Å². The number of unbranched alkanes of at least 4 members (excludes halogenated alkanes) is 1. The fraction of sp³-hybridized carbons (Fsp3) is 0.800. The molecule has 0 saturated heterocycles. The number of nitrogens with one attached hydrogen (secondary N) is 3. The number of carbonyl (C=O) groups excluding carboxylic acids is 3. The highest BCUT2D eigenvalue weighted by Gasteiger charge is 2.27. The van der Waals surface area contributed by atoms with Gasteiger partial charge in [0.25, 0.3) is 0 Å². The topological polar surface area (TPSA) is 87.3 Å². The minimum Gasteiger partial charge on any atom is -0.354 e. The molecule has 0 aromatic carbocycles. The lowest BCUT2D eigenvalue weighted by atomic mass is 9.99. The van der Waals surface area contributed by atoms with E-state index in [1.54, 1.807) is 13.8 Å². The van der Waals surface area contributed by atoms with Crippen LogP contribution in [0.2, 0.25) is 0 Å². The van der Waals surface area contributed by atoms with E-state index in [0.717, 1.165) is 12.8 Å². The summed E-state index contributed by atoms with van der Waals surface area (Å²) in [4.78, 5) is 34.0. The van der Waals surface area contributed by atoms with Gasteiger partial charge in [-0.25, -0.2) is 0 Å². The molecule has 0 aromatic rings. The smallest absolute Gasteiger partial charge is 0.245 e. The summed E-state index contributed by atoms with van der Waals surface area (Å²) in [6, 6.07) is 0. The third-order valence-corrected chi connectivity index (χ3v) is 3.26. The molecule has 3 amide bonds. The van der Waals surface area contributed by atoms with Crippen LogP contribution in [0.1, 0.15) is 60.3 Å². The molecule has 0 aliphatic heterocycles. The molecular formula is C15H29N3O3. The molecule has 0 aliphatic carbocycles. The van der Waals surface area contributed by atoms with Gasteiger partial charge in [0.15, 0.2) is 0 Å². The number of amides is 3. The summed E-state index contributed by atoms with van der Waals surface area (Å²) in [6.45, 7) is 9.60. The molecule has 0 bridgehead atoms. The van der Waals surface area contributed by atoms with Gasteiger partial charge in [-0.2, -0.15) is 0 Å². The second kappa shape index (κ2) is 8.64. The molecular weight excluding hydrogens is 270 g/mol. The number of hydrogen-bond donors (Lipinski definition) is 3. The molecule has 21 heavy (non-hydrogen) atoms. The lowest BCUT2D eigenvalue weighted by Crippen LogP contribution is -2.53. The maximum atomic E-state index is 11.9. The zero-order chi connectivity index (χ0) is 16.5. The van der Waals surface area contributed by atoms with Gasteiger partial charge in [-0.05, 0) is 40.5 Å². The monoisotopic (exact) mass is 299 g/mol. The molecule has 0 atom stereocenters. The quantitative estimate of drug-likeness (QED) is 0.528. The van der Waals surface area contributed by atoms with Crippen molar-refractivity contribution in [2.24, 2.45) is 0 Å². The molecule has 0 saturated carbocycles. The SMILES string of the molecule is CCCCC(=O)NC(C)(C)CCNC(=O)C(C)(C)NC=O. The summed E-state index contributed by atoms with van der Waals surface area (Å²) in [5.41, 5.74) is -1.31. The predicted octanol–water partition coefficient (Wildman–Crippen LogP) is 1.10. The van der Waals surface area contributed by atoms with Gasteiger partial charge in [0.1, 0.15) is 5.54 Å². The summed E-state index contributed by atoms with van der Waals surface area (Å²) in [5, 5.41) is 8.20. The van der Waals surface area contributed by atoms with E-state index in [1.165, 1.54) is 0 Å². The standard InChI is InChI=1S/C15H29N3O3/c1-6-7-8-12(20)18-14(2,3)9-10-16-13(21)15(4,5)17-11-19/h11H,6-10H2,1-5H3,(H,16,21)(H,17,19)(H,18,20). The Hall–Kier alpha value is -1.59. The highest BCUT2D eigenvalue weighted by Crippen LogP contribution is 2.09. The minimum atomic E-state index is -0.934. The maximum Gasteiger partial charge on any atom is 0.245 e. The largest absolute Gasteiger partial charge is 0.354 e. The van der Waals surface area contributed by atoms with Crippen LogP contribution in [0.15, 0.2) is 0 Å². The first-order chi connectivity index (χ1) is 9.64. The first kappa shape index (κ1) is 19.4. The summed E-state index contributed by atoms with van der Waals surface area (Å²) >= 11 is 0. The molecule has 0 spiro atoms. The highest BCUT2D eigenvalue weighted by molar-refractivity contribution is 5.87. The molecule has 0 fully saturated rings. The second-order valence-electron chi connectivity index (χ2n) is 6.43. The van der Waals surface area contributed by atoms with Crippen molar-refractivity contribution in [3.8, 4) is 0 Å². The number of rotatable bonds is 10. The Kier molecular flexibility index (Phi) is 7.99. The van der Waals surface area contributed by atoms with Crippen molar-refractivity contribution >= 4 is 18.2 Å². The Morgan fingerprint density at radius 2 is 1.76 bits per heavy atom. The van der Waals surface area contributed by atoms with Gasteiger partial charge >= 0.3 is 0 Å². The van der Waals surface area contributed by atoms with Gasteiger partial charge in [0, 0.05) is 18.5 Å². The third-order valence-electron chi connectivity index (χ3n) is 3.26. The van der Waals surface area contributed by atoms with Crippen LogP contribution >= 0.6 is 0 Å². The van der Waals surface area contributed by atoms with Gasteiger partial charge in [0.05, 0.1) is 0 Å². The zero-order valence-corrected chi connectivity index (χ0v) is 13.8. The number of carbonyl (C=O) groups is 3. The van der Waals surface area contributed by atoms with Crippen LogP contribution in [0, 0.1) is 0 Å². The molecule has 0 radical (unpaired) electrons. The van der Waals surface area contributed by atoms with Crippen LogP contribution in [0.4, 0.5) is 0 Å². The van der Waals surface area contributed by atoms with E-state index in [4.69, 9.17) is 0 Å². The van der Waals surface area contributed by atoms with Gasteiger partial charge in [-0.1, -0.05) is 13.3 Å². The van der Waals surface area contributed by atoms with Gasteiger partial charge < -0.3 is 16.0 Å². The molecule has 0 heterocycles. The fourth-order valence-electron chi connectivity index (χ4n) is 1.76. The van der Waals surface area contributed by atoms with E-state index >= 15 is 0 Å². The van der Waals surface area contributed by atoms with Crippen molar-refractivity contribution < 1.29 is 14.4 Å². The molecule has 0 aromatic heterocycles. The Morgan fingerprint density at radius 1 is 1.14 bits per heavy atom. The Labute approximate surface area is 127 Å². The molecule has 0 aliphatic rings. The Balaban J connectivity index is 4.17. The highest BCUT2D eigenvalue weighted by atomic mass is 16.2. The van der Waals surface area contributed by atoms with Crippen LogP contribution in [-0.2, 0) is 14.4 Å². The van der Waals surface area contributed by atoms with E-state index in [9.17, 15) is 14.4 Å². The van der Waals surface area contributed by atoms with E-state index in [1.807, 2.05) is 20.8 Å². The van der Waals surface area contributed by atoms with Crippen LogP contribution < -0.4 is 16.0 Å². The first-order valence-corrected chi connectivity index (χ1v) is 7.45. The summed E-state index contributed by atoms with van der Waals surface area (Å²) < 4.78 is 0. The minimum absolute atomic E-state index is 0.0381. The van der Waals surface area contributed by atoms with E-state index in [2.05, 4.69) is 16.0 Å². The molecule has 0 rings (SSSR count).